The molecular formula is C12H10Cl2N2O2. The van der Waals surface area contributed by atoms with E-state index in [0.717, 1.165) is 0 Å². The Morgan fingerprint density at radius 1 is 1.44 bits per heavy atom. The Kier molecular flexibility index (Phi) is 3.89. The highest BCUT2D eigenvalue weighted by atomic mass is 35.5. The third-order valence-corrected chi connectivity index (χ3v) is 3.09. The molecule has 0 aliphatic carbocycles. The lowest BCUT2D eigenvalue weighted by molar-refractivity contribution is 0.0520. The summed E-state index contributed by atoms with van der Waals surface area (Å²) in [6.07, 6.45) is 3.04. The van der Waals surface area contributed by atoms with E-state index in [9.17, 15) is 4.79 Å². The number of ether oxygens (including phenoxy) is 1. The molecule has 1 heterocycles. The zero-order valence-electron chi connectivity index (χ0n) is 9.56. The molecular weight excluding hydrogens is 275 g/mol. The summed E-state index contributed by atoms with van der Waals surface area (Å²) in [5, 5.41) is 0.854. The van der Waals surface area contributed by atoms with Crippen molar-refractivity contribution in [1.29, 1.82) is 0 Å². The molecule has 2 rings (SSSR count). The second-order valence-corrected chi connectivity index (χ2v) is 4.24. The molecule has 0 aliphatic rings. The van der Waals surface area contributed by atoms with Crippen LogP contribution in [-0.2, 0) is 4.74 Å². The summed E-state index contributed by atoms with van der Waals surface area (Å²) < 4.78 is 6.48. The van der Waals surface area contributed by atoms with Crippen LogP contribution in [0.15, 0.2) is 30.7 Å². The Balaban J connectivity index is 2.35. The van der Waals surface area contributed by atoms with Gasteiger partial charge in [-0.05, 0) is 19.1 Å². The fraction of sp³-hybridized carbons (Fsp3) is 0.167. The SMILES string of the molecule is CCOC(=O)c1cn(-c2cccc(Cl)c2Cl)cn1. The minimum Gasteiger partial charge on any atom is -0.461 e. The van der Waals surface area contributed by atoms with Crippen molar-refractivity contribution in [3.8, 4) is 5.69 Å². The van der Waals surface area contributed by atoms with Crippen molar-refractivity contribution in [3.63, 3.8) is 0 Å². The molecule has 0 unspecified atom stereocenters. The lowest BCUT2D eigenvalue weighted by Crippen LogP contribution is -2.04. The number of carbonyl (C=O) groups is 1. The summed E-state index contributed by atoms with van der Waals surface area (Å²) >= 11 is 12.0. The van der Waals surface area contributed by atoms with E-state index in [4.69, 9.17) is 27.9 Å². The smallest absolute Gasteiger partial charge is 0.358 e. The fourth-order valence-corrected chi connectivity index (χ4v) is 1.85. The van der Waals surface area contributed by atoms with Gasteiger partial charge < -0.3 is 9.30 Å². The summed E-state index contributed by atoms with van der Waals surface area (Å²) in [4.78, 5) is 15.5. The molecule has 0 bridgehead atoms. The van der Waals surface area contributed by atoms with Crippen LogP contribution in [-0.4, -0.2) is 22.1 Å². The fourth-order valence-electron chi connectivity index (χ4n) is 1.46. The number of nitrogens with zero attached hydrogens (tertiary/aromatic N) is 2. The predicted molar refractivity (Wildman–Crippen MR) is 69.5 cm³/mol. The number of imidazole rings is 1. The molecule has 2 aromatic rings. The molecule has 1 aromatic heterocycles. The van der Waals surface area contributed by atoms with Crippen molar-refractivity contribution >= 4 is 29.2 Å². The van der Waals surface area contributed by atoms with Crippen molar-refractivity contribution in [3.05, 3.63) is 46.5 Å². The van der Waals surface area contributed by atoms with Gasteiger partial charge in [-0.2, -0.15) is 0 Å². The molecule has 0 spiro atoms. The molecule has 0 atom stereocenters. The number of benzene rings is 1. The molecule has 0 aliphatic heterocycles. The van der Waals surface area contributed by atoms with Crippen molar-refractivity contribution < 1.29 is 9.53 Å². The van der Waals surface area contributed by atoms with E-state index >= 15 is 0 Å². The van der Waals surface area contributed by atoms with Crippen LogP contribution in [0.25, 0.3) is 5.69 Å². The van der Waals surface area contributed by atoms with Gasteiger partial charge in [0.05, 0.1) is 22.3 Å². The van der Waals surface area contributed by atoms with Gasteiger partial charge in [0.25, 0.3) is 0 Å². The maximum atomic E-state index is 11.5. The van der Waals surface area contributed by atoms with Crippen LogP contribution < -0.4 is 0 Å². The Bertz CT molecular complexity index is 581. The standard InChI is InChI=1S/C12H10Cl2N2O2/c1-2-18-12(17)9-6-16(7-15-9)10-5-3-4-8(13)11(10)14/h3-7H,2H2,1H3. The van der Waals surface area contributed by atoms with Crippen molar-refractivity contribution in [2.24, 2.45) is 0 Å². The molecule has 0 N–H and O–H groups in total. The van der Waals surface area contributed by atoms with Gasteiger partial charge in [-0.25, -0.2) is 9.78 Å². The summed E-state index contributed by atoms with van der Waals surface area (Å²) in [5.41, 5.74) is 0.889. The zero-order chi connectivity index (χ0) is 13.1. The van der Waals surface area contributed by atoms with Gasteiger partial charge in [-0.3, -0.25) is 0 Å². The average molecular weight is 285 g/mol. The second kappa shape index (κ2) is 5.42. The van der Waals surface area contributed by atoms with E-state index in [1.54, 1.807) is 35.9 Å². The quantitative estimate of drug-likeness (QED) is 0.812. The summed E-state index contributed by atoms with van der Waals surface area (Å²) in [6.45, 7) is 2.05. The monoisotopic (exact) mass is 284 g/mol. The van der Waals surface area contributed by atoms with Gasteiger partial charge >= 0.3 is 5.97 Å². The third-order valence-electron chi connectivity index (χ3n) is 2.28. The van der Waals surface area contributed by atoms with E-state index in [0.29, 0.717) is 22.3 Å². The number of aromatic nitrogens is 2. The lowest BCUT2D eigenvalue weighted by atomic mass is 10.3. The minimum atomic E-state index is -0.464. The number of hydrogen-bond acceptors (Lipinski definition) is 3. The van der Waals surface area contributed by atoms with Gasteiger partial charge in [0, 0.05) is 6.20 Å². The second-order valence-electron chi connectivity index (χ2n) is 3.46. The highest BCUT2D eigenvalue weighted by Crippen LogP contribution is 2.28. The molecule has 4 nitrogen and oxygen atoms in total. The third kappa shape index (κ3) is 2.49. The molecule has 94 valence electrons. The van der Waals surface area contributed by atoms with E-state index in [1.807, 2.05) is 0 Å². The maximum Gasteiger partial charge on any atom is 0.358 e. The Hall–Kier alpha value is -1.52. The molecule has 1 aromatic carbocycles. The highest BCUT2D eigenvalue weighted by molar-refractivity contribution is 6.43. The first-order valence-electron chi connectivity index (χ1n) is 5.29. The number of carbonyl (C=O) groups excluding carboxylic acids is 1. The van der Waals surface area contributed by atoms with Crippen LogP contribution in [0.3, 0.4) is 0 Å². The van der Waals surface area contributed by atoms with Gasteiger partial charge in [0.2, 0.25) is 0 Å². The Labute approximate surface area is 114 Å². The van der Waals surface area contributed by atoms with Crippen LogP contribution in [0.1, 0.15) is 17.4 Å². The van der Waals surface area contributed by atoms with E-state index in [2.05, 4.69) is 4.98 Å². The Morgan fingerprint density at radius 2 is 2.22 bits per heavy atom. The molecule has 0 fully saturated rings. The molecule has 6 heteroatoms. The lowest BCUT2D eigenvalue weighted by Gasteiger charge is -2.05. The van der Waals surface area contributed by atoms with Gasteiger partial charge in [-0.15, -0.1) is 0 Å². The molecule has 0 saturated carbocycles. The number of rotatable bonds is 3. The number of halogens is 2. The van der Waals surface area contributed by atoms with Gasteiger partial charge in [0.1, 0.15) is 6.33 Å². The van der Waals surface area contributed by atoms with Crippen LogP contribution in [0.2, 0.25) is 10.0 Å². The van der Waals surface area contributed by atoms with Crippen LogP contribution in [0, 0.1) is 0 Å². The van der Waals surface area contributed by atoms with E-state index < -0.39 is 5.97 Å². The summed E-state index contributed by atoms with van der Waals surface area (Å²) in [5.74, 6) is -0.464. The van der Waals surface area contributed by atoms with Crippen LogP contribution in [0.5, 0.6) is 0 Å². The normalized spacial score (nSPS) is 10.4. The summed E-state index contributed by atoms with van der Waals surface area (Å²) in [7, 11) is 0. The average Bonchev–Trinajstić information content (AvgIpc) is 2.82. The minimum absolute atomic E-state index is 0.230. The van der Waals surface area contributed by atoms with Crippen molar-refractivity contribution in [2.45, 2.75) is 6.92 Å². The first-order valence-corrected chi connectivity index (χ1v) is 6.04. The molecule has 0 amide bonds. The maximum absolute atomic E-state index is 11.5. The van der Waals surface area contributed by atoms with Gasteiger partial charge in [0.15, 0.2) is 5.69 Å². The number of esters is 1. The highest BCUT2D eigenvalue weighted by Gasteiger charge is 2.12. The van der Waals surface area contributed by atoms with Gasteiger partial charge in [-0.1, -0.05) is 29.3 Å². The van der Waals surface area contributed by atoms with E-state index in [1.165, 1.54) is 6.33 Å². The van der Waals surface area contributed by atoms with Crippen molar-refractivity contribution in [1.82, 2.24) is 9.55 Å². The topological polar surface area (TPSA) is 44.1 Å². The van der Waals surface area contributed by atoms with Crippen molar-refractivity contribution in [2.75, 3.05) is 6.61 Å². The largest absolute Gasteiger partial charge is 0.461 e. The van der Waals surface area contributed by atoms with E-state index in [-0.39, 0.29) is 5.69 Å². The number of hydrogen-bond donors (Lipinski definition) is 0. The van der Waals surface area contributed by atoms with Crippen LogP contribution >= 0.6 is 23.2 Å². The first kappa shape index (κ1) is 12.9. The Morgan fingerprint density at radius 3 is 2.94 bits per heavy atom. The molecule has 18 heavy (non-hydrogen) atoms. The molecule has 0 saturated heterocycles. The zero-order valence-corrected chi connectivity index (χ0v) is 11.1. The molecule has 0 radical (unpaired) electrons. The van der Waals surface area contributed by atoms with Crippen LogP contribution in [0.4, 0.5) is 0 Å². The predicted octanol–water partition coefficient (Wildman–Crippen LogP) is 3.36. The first-order chi connectivity index (χ1) is 8.63. The summed E-state index contributed by atoms with van der Waals surface area (Å²) in [6, 6.07) is 5.25.